The predicted octanol–water partition coefficient (Wildman–Crippen LogP) is 8.49. The maximum atomic E-state index is 7.45. The van der Waals surface area contributed by atoms with Crippen molar-refractivity contribution in [3.05, 3.63) is 104 Å². The molecule has 34 heavy (non-hydrogen) atoms. The Balaban J connectivity index is 0.00000324. The molecule has 0 amide bonds. The Morgan fingerprint density at radius 3 is 1.06 bits per heavy atom. The van der Waals surface area contributed by atoms with Gasteiger partial charge in [-0.25, -0.2) is 0 Å². The molecular weight excluding hydrogens is 507 g/mol. The molecule has 176 valence electrons. The van der Waals surface area contributed by atoms with Crippen LogP contribution in [0.5, 0.6) is 0 Å². The van der Waals surface area contributed by atoms with Gasteiger partial charge in [-0.2, -0.15) is 0 Å². The molecule has 0 aromatic heterocycles. The Hall–Kier alpha value is -1.09. The summed E-state index contributed by atoms with van der Waals surface area (Å²) in [6.45, 7) is 18.2. The molecule has 2 aliphatic carbocycles. The van der Waals surface area contributed by atoms with Crippen LogP contribution in [-0.4, -0.2) is 8.07 Å². The summed E-state index contributed by atoms with van der Waals surface area (Å²) in [5.74, 6) is 0. The third-order valence-electron chi connectivity index (χ3n) is 9.20. The molecule has 4 heteroatoms. The van der Waals surface area contributed by atoms with Gasteiger partial charge in [0, 0.05) is 41.9 Å². The van der Waals surface area contributed by atoms with Gasteiger partial charge in [0.25, 0.3) is 0 Å². The zero-order valence-electron chi connectivity index (χ0n) is 21.5. The quantitative estimate of drug-likeness (QED) is 0.341. The number of halogens is 2. The molecule has 0 nitrogen and oxygen atoms in total. The Bertz CT molecular complexity index is 1100. The SMILES string of the molecule is CC1=C(C)C(C)([Si](c2ccccc2)(c2ccccc2)C2(C)C(C)=C(C)C(C)=C2Cl)C(Cl)=C1C.[Ti]. The van der Waals surface area contributed by atoms with Crippen molar-refractivity contribution < 1.29 is 21.7 Å². The first-order valence-corrected chi connectivity index (χ1v) is 14.5. The number of hydrogen-bond acceptors (Lipinski definition) is 0. The normalized spacial score (nSPS) is 25.5. The van der Waals surface area contributed by atoms with E-state index >= 15 is 0 Å². The van der Waals surface area contributed by atoms with Crippen LogP contribution in [0.15, 0.2) is 104 Å². The minimum Gasteiger partial charge on any atom is -0.0882 e. The molecule has 2 aliphatic rings. The molecule has 2 unspecified atom stereocenters. The van der Waals surface area contributed by atoms with Crippen LogP contribution in [0.1, 0.15) is 55.4 Å². The van der Waals surface area contributed by atoms with Gasteiger partial charge >= 0.3 is 0 Å². The van der Waals surface area contributed by atoms with Gasteiger partial charge in [-0.1, -0.05) is 119 Å². The van der Waals surface area contributed by atoms with Crippen molar-refractivity contribution in [3.8, 4) is 0 Å². The Morgan fingerprint density at radius 2 is 0.824 bits per heavy atom. The molecule has 4 rings (SSSR count). The van der Waals surface area contributed by atoms with E-state index in [4.69, 9.17) is 23.2 Å². The number of hydrogen-bond donors (Lipinski definition) is 0. The maximum Gasteiger partial charge on any atom is 0.147 e. The van der Waals surface area contributed by atoms with Crippen LogP contribution in [0.25, 0.3) is 0 Å². The average molecular weight is 541 g/mol. The van der Waals surface area contributed by atoms with Crippen molar-refractivity contribution >= 4 is 41.6 Å². The van der Waals surface area contributed by atoms with E-state index in [1.807, 2.05) is 0 Å². The molecule has 2 aromatic carbocycles. The summed E-state index contributed by atoms with van der Waals surface area (Å²) in [6, 6.07) is 22.2. The van der Waals surface area contributed by atoms with E-state index in [9.17, 15) is 0 Å². The van der Waals surface area contributed by atoms with Crippen LogP contribution >= 0.6 is 23.2 Å². The van der Waals surface area contributed by atoms with E-state index in [2.05, 4.69) is 116 Å². The summed E-state index contributed by atoms with van der Waals surface area (Å²) in [5.41, 5.74) is 7.76. The van der Waals surface area contributed by atoms with Crippen molar-refractivity contribution in [2.45, 2.75) is 65.5 Å². The fraction of sp³-hybridized carbons (Fsp3) is 0.333. The van der Waals surface area contributed by atoms with Crippen LogP contribution in [0, 0.1) is 0 Å². The zero-order chi connectivity index (χ0) is 24.3. The fourth-order valence-corrected chi connectivity index (χ4v) is 15.8. The molecule has 0 heterocycles. The molecule has 0 bridgehead atoms. The van der Waals surface area contributed by atoms with Crippen molar-refractivity contribution in [1.82, 2.24) is 0 Å². The second-order valence-corrected chi connectivity index (χ2v) is 15.5. The number of allylic oxidation sites excluding steroid dienone is 8. The third-order valence-corrected chi connectivity index (χ3v) is 17.5. The van der Waals surface area contributed by atoms with E-state index in [0.29, 0.717) is 0 Å². The second-order valence-electron chi connectivity index (χ2n) is 10.1. The van der Waals surface area contributed by atoms with Gasteiger partial charge in [0.1, 0.15) is 8.07 Å². The van der Waals surface area contributed by atoms with Gasteiger partial charge in [-0.3, -0.25) is 0 Å². The number of rotatable bonds is 4. The summed E-state index contributed by atoms with van der Waals surface area (Å²) in [4.78, 5) is 0. The summed E-state index contributed by atoms with van der Waals surface area (Å²) in [7, 11) is -2.84. The number of benzene rings is 2. The van der Waals surface area contributed by atoms with Crippen molar-refractivity contribution in [2.75, 3.05) is 0 Å². The van der Waals surface area contributed by atoms with Gasteiger partial charge in [-0.15, -0.1) is 0 Å². The third kappa shape index (κ3) is 3.20. The second kappa shape index (κ2) is 9.41. The average Bonchev–Trinajstić information content (AvgIpc) is 3.08. The fourth-order valence-electron chi connectivity index (χ4n) is 6.81. The molecule has 0 fully saturated rings. The molecule has 0 saturated carbocycles. The van der Waals surface area contributed by atoms with E-state index in [-0.39, 0.29) is 31.8 Å². The van der Waals surface area contributed by atoms with Crippen molar-refractivity contribution in [2.24, 2.45) is 0 Å². The Morgan fingerprint density at radius 1 is 0.529 bits per heavy atom. The molecule has 0 radical (unpaired) electrons. The van der Waals surface area contributed by atoms with Crippen LogP contribution < -0.4 is 10.4 Å². The van der Waals surface area contributed by atoms with Crippen LogP contribution in [0.2, 0.25) is 10.1 Å². The minimum atomic E-state index is -2.84. The van der Waals surface area contributed by atoms with Gasteiger partial charge in [0.15, 0.2) is 0 Å². The minimum absolute atomic E-state index is 0. The molecule has 0 spiro atoms. The Kier molecular flexibility index (Phi) is 7.61. The zero-order valence-corrected chi connectivity index (χ0v) is 25.6. The maximum absolute atomic E-state index is 7.45. The Labute approximate surface area is 231 Å². The van der Waals surface area contributed by atoms with Crippen LogP contribution in [0.3, 0.4) is 0 Å². The van der Waals surface area contributed by atoms with E-state index < -0.39 is 8.07 Å². The molecule has 0 N–H and O–H groups in total. The topological polar surface area (TPSA) is 0 Å². The molecule has 2 atom stereocenters. The molecule has 0 aliphatic heterocycles. The summed E-state index contributed by atoms with van der Waals surface area (Å²) >= 11 is 14.9. The van der Waals surface area contributed by atoms with Gasteiger partial charge in [0.2, 0.25) is 0 Å². The largest absolute Gasteiger partial charge is 0.147 e. The smallest absolute Gasteiger partial charge is 0.0882 e. The van der Waals surface area contributed by atoms with E-state index in [1.165, 1.54) is 43.8 Å². The van der Waals surface area contributed by atoms with Gasteiger partial charge in [0.05, 0.1) is 0 Å². The van der Waals surface area contributed by atoms with E-state index in [1.54, 1.807) is 0 Å². The van der Waals surface area contributed by atoms with Crippen molar-refractivity contribution in [1.29, 1.82) is 0 Å². The van der Waals surface area contributed by atoms with E-state index in [0.717, 1.165) is 10.1 Å². The monoisotopic (exact) mass is 540 g/mol. The van der Waals surface area contributed by atoms with Crippen molar-refractivity contribution in [3.63, 3.8) is 0 Å². The summed E-state index contributed by atoms with van der Waals surface area (Å²) in [6.07, 6.45) is 0. The first-order chi connectivity index (χ1) is 15.5. The molecule has 0 saturated heterocycles. The first kappa shape index (κ1) is 27.5. The summed E-state index contributed by atoms with van der Waals surface area (Å²) in [5, 5.41) is 3.96. The standard InChI is InChI=1S/C30H34Cl2Si.Ti/c1-19-21(3)27(31)29(7,23(19)5)33(25-15-11-9-12-16-25,26-17-13-10-14-18-26)30(8)24(6)20(2)22(4)28(30)32;/h9-18H,1-8H3;. The summed E-state index contributed by atoms with van der Waals surface area (Å²) < 4.78 is 0. The molecule has 2 aromatic rings. The van der Waals surface area contributed by atoms with Gasteiger partial charge < -0.3 is 0 Å². The van der Waals surface area contributed by atoms with Crippen LogP contribution in [0.4, 0.5) is 0 Å². The first-order valence-electron chi connectivity index (χ1n) is 11.7. The van der Waals surface area contributed by atoms with Crippen LogP contribution in [-0.2, 0) is 21.7 Å². The van der Waals surface area contributed by atoms with Gasteiger partial charge in [-0.05, 0) is 63.8 Å². The predicted molar refractivity (Wildman–Crippen MR) is 148 cm³/mol. The molecular formula is C30H34Cl2SiTi.